The first-order valence-electron chi connectivity index (χ1n) is 7.88. The lowest BCUT2D eigenvalue weighted by molar-refractivity contribution is -0.0705. The van der Waals surface area contributed by atoms with E-state index < -0.39 is 0 Å². The van der Waals surface area contributed by atoms with E-state index >= 15 is 0 Å². The van der Waals surface area contributed by atoms with Crippen LogP contribution in [0.1, 0.15) is 59.2 Å². The molecule has 1 heterocycles. The third-order valence-electron chi connectivity index (χ3n) is 4.22. The lowest BCUT2D eigenvalue weighted by atomic mass is 9.85. The summed E-state index contributed by atoms with van der Waals surface area (Å²) in [5, 5.41) is 8.10. The van der Waals surface area contributed by atoms with Gasteiger partial charge < -0.3 is 10.1 Å². The number of rotatable bonds is 9. The molecule has 4 nitrogen and oxygen atoms in total. The Kier molecular flexibility index (Phi) is 6.69. The number of nitrogens with one attached hydrogen (secondary N) is 1. The first kappa shape index (κ1) is 17.2. The maximum atomic E-state index is 6.11. The fourth-order valence-electron chi connectivity index (χ4n) is 2.87. The monoisotopic (exact) mass is 281 g/mol. The van der Waals surface area contributed by atoms with Crippen LogP contribution in [0, 0.1) is 0 Å². The van der Waals surface area contributed by atoms with Gasteiger partial charge in [0, 0.05) is 31.3 Å². The molecule has 0 fully saturated rings. The van der Waals surface area contributed by atoms with Crippen LogP contribution in [0.25, 0.3) is 0 Å². The Hall–Kier alpha value is -0.870. The maximum absolute atomic E-state index is 6.11. The standard InChI is InChI=1S/C16H31N3O/c1-7-16(8-2,20-9-3)15(17-6)12-14-10-11-19(18-14)13(4)5/h10-11,13,15,17H,7-9,12H2,1-6H3. The average Bonchev–Trinajstić information content (AvgIpc) is 2.91. The van der Waals surface area contributed by atoms with Crippen LogP contribution in [0.4, 0.5) is 0 Å². The van der Waals surface area contributed by atoms with Crippen molar-refractivity contribution in [1.82, 2.24) is 15.1 Å². The predicted octanol–water partition coefficient (Wildman–Crippen LogP) is 3.19. The summed E-state index contributed by atoms with van der Waals surface area (Å²) in [6, 6.07) is 2.81. The van der Waals surface area contributed by atoms with E-state index in [0.717, 1.165) is 31.6 Å². The molecule has 1 aromatic heterocycles. The smallest absolute Gasteiger partial charge is 0.0833 e. The first-order valence-corrected chi connectivity index (χ1v) is 7.88. The predicted molar refractivity (Wildman–Crippen MR) is 84.1 cm³/mol. The third kappa shape index (κ3) is 3.83. The van der Waals surface area contributed by atoms with Gasteiger partial charge in [0.05, 0.1) is 11.3 Å². The highest BCUT2D eigenvalue weighted by molar-refractivity contribution is 5.06. The number of likely N-dealkylation sites (N-methyl/N-ethyl adjacent to an activating group) is 1. The highest BCUT2D eigenvalue weighted by Gasteiger charge is 2.35. The molecule has 1 atom stereocenters. The van der Waals surface area contributed by atoms with E-state index in [0.29, 0.717) is 6.04 Å². The van der Waals surface area contributed by atoms with Crippen molar-refractivity contribution in [2.75, 3.05) is 13.7 Å². The van der Waals surface area contributed by atoms with Crippen LogP contribution >= 0.6 is 0 Å². The molecule has 0 aliphatic rings. The number of aromatic nitrogens is 2. The zero-order valence-electron chi connectivity index (χ0n) is 13.9. The van der Waals surface area contributed by atoms with Gasteiger partial charge >= 0.3 is 0 Å². The molecule has 116 valence electrons. The molecule has 0 radical (unpaired) electrons. The fraction of sp³-hybridized carbons (Fsp3) is 0.812. The second-order valence-electron chi connectivity index (χ2n) is 5.63. The topological polar surface area (TPSA) is 39.1 Å². The molecular formula is C16H31N3O. The molecule has 4 heteroatoms. The van der Waals surface area contributed by atoms with Gasteiger partial charge in [0.2, 0.25) is 0 Å². The SMILES string of the molecule is CCOC(CC)(CC)C(Cc1ccn(C(C)C)n1)NC. The van der Waals surface area contributed by atoms with Crippen LogP contribution in [-0.4, -0.2) is 35.1 Å². The number of hydrogen-bond donors (Lipinski definition) is 1. The van der Waals surface area contributed by atoms with E-state index in [1.54, 1.807) is 0 Å². The number of hydrogen-bond acceptors (Lipinski definition) is 3. The normalized spacial score (nSPS) is 13.9. The summed E-state index contributed by atoms with van der Waals surface area (Å²) >= 11 is 0. The Bertz CT molecular complexity index is 383. The zero-order chi connectivity index (χ0) is 15.2. The number of ether oxygens (including phenoxy) is 1. The van der Waals surface area contributed by atoms with Crippen molar-refractivity contribution in [3.05, 3.63) is 18.0 Å². The summed E-state index contributed by atoms with van der Waals surface area (Å²) in [6.45, 7) is 11.5. The van der Waals surface area contributed by atoms with Gasteiger partial charge in [-0.15, -0.1) is 0 Å². The molecule has 20 heavy (non-hydrogen) atoms. The molecule has 0 saturated heterocycles. The minimum absolute atomic E-state index is 0.106. The quantitative estimate of drug-likeness (QED) is 0.755. The van der Waals surface area contributed by atoms with Gasteiger partial charge in [0.25, 0.3) is 0 Å². The molecule has 0 amide bonds. The number of nitrogens with zero attached hydrogens (tertiary/aromatic N) is 2. The molecular weight excluding hydrogens is 250 g/mol. The highest BCUT2D eigenvalue weighted by atomic mass is 16.5. The van der Waals surface area contributed by atoms with Crippen LogP contribution in [0.15, 0.2) is 12.3 Å². The van der Waals surface area contributed by atoms with Gasteiger partial charge in [-0.3, -0.25) is 4.68 Å². The van der Waals surface area contributed by atoms with Crippen molar-refractivity contribution in [3.8, 4) is 0 Å². The third-order valence-corrected chi connectivity index (χ3v) is 4.22. The van der Waals surface area contributed by atoms with Crippen molar-refractivity contribution >= 4 is 0 Å². The van der Waals surface area contributed by atoms with Gasteiger partial charge in [-0.05, 0) is 46.7 Å². The Morgan fingerprint density at radius 3 is 2.35 bits per heavy atom. The molecule has 0 aromatic carbocycles. The second kappa shape index (κ2) is 7.79. The summed E-state index contributed by atoms with van der Waals surface area (Å²) < 4.78 is 8.13. The maximum Gasteiger partial charge on any atom is 0.0833 e. The van der Waals surface area contributed by atoms with Crippen LogP contribution in [0.2, 0.25) is 0 Å². The Balaban J connectivity index is 2.87. The van der Waals surface area contributed by atoms with Crippen LogP contribution in [0.3, 0.4) is 0 Å². The van der Waals surface area contributed by atoms with Crippen molar-refractivity contribution in [2.24, 2.45) is 0 Å². The summed E-state index contributed by atoms with van der Waals surface area (Å²) in [5.41, 5.74) is 1.02. The molecule has 1 N–H and O–H groups in total. The van der Waals surface area contributed by atoms with Gasteiger partial charge in [0.15, 0.2) is 0 Å². The largest absolute Gasteiger partial charge is 0.374 e. The lowest BCUT2D eigenvalue weighted by Crippen LogP contribution is -2.52. The van der Waals surface area contributed by atoms with Gasteiger partial charge in [-0.25, -0.2) is 0 Å². The van der Waals surface area contributed by atoms with Gasteiger partial charge in [0.1, 0.15) is 0 Å². The summed E-state index contributed by atoms with van der Waals surface area (Å²) in [4.78, 5) is 0. The van der Waals surface area contributed by atoms with Gasteiger partial charge in [-0.2, -0.15) is 5.10 Å². The molecule has 0 bridgehead atoms. The van der Waals surface area contributed by atoms with E-state index in [9.17, 15) is 0 Å². The Morgan fingerprint density at radius 1 is 1.30 bits per heavy atom. The van der Waals surface area contributed by atoms with E-state index in [1.165, 1.54) is 0 Å². The van der Waals surface area contributed by atoms with E-state index in [4.69, 9.17) is 4.74 Å². The average molecular weight is 281 g/mol. The molecule has 1 unspecified atom stereocenters. The molecule has 1 aromatic rings. The van der Waals surface area contributed by atoms with Crippen molar-refractivity contribution in [1.29, 1.82) is 0 Å². The van der Waals surface area contributed by atoms with E-state index in [1.807, 2.05) is 11.7 Å². The fourth-order valence-corrected chi connectivity index (χ4v) is 2.87. The minimum Gasteiger partial charge on any atom is -0.374 e. The van der Waals surface area contributed by atoms with Crippen molar-refractivity contribution in [2.45, 2.75) is 71.6 Å². The van der Waals surface area contributed by atoms with Crippen LogP contribution in [-0.2, 0) is 11.2 Å². The molecule has 0 aliphatic heterocycles. The zero-order valence-corrected chi connectivity index (χ0v) is 13.9. The van der Waals surface area contributed by atoms with Gasteiger partial charge in [-0.1, -0.05) is 13.8 Å². The van der Waals surface area contributed by atoms with Crippen molar-refractivity contribution < 1.29 is 4.74 Å². The van der Waals surface area contributed by atoms with Crippen LogP contribution in [0.5, 0.6) is 0 Å². The second-order valence-corrected chi connectivity index (χ2v) is 5.63. The first-order chi connectivity index (χ1) is 9.52. The lowest BCUT2D eigenvalue weighted by Gasteiger charge is -2.39. The summed E-state index contributed by atoms with van der Waals surface area (Å²) in [6.07, 6.45) is 4.98. The van der Waals surface area contributed by atoms with E-state index in [-0.39, 0.29) is 11.6 Å². The summed E-state index contributed by atoms with van der Waals surface area (Å²) in [7, 11) is 2.02. The minimum atomic E-state index is -0.106. The molecule has 1 rings (SSSR count). The Morgan fingerprint density at radius 2 is 1.95 bits per heavy atom. The molecule has 0 aliphatic carbocycles. The molecule has 0 saturated carbocycles. The van der Waals surface area contributed by atoms with Crippen LogP contribution < -0.4 is 5.32 Å². The molecule has 0 spiro atoms. The summed E-state index contributed by atoms with van der Waals surface area (Å²) in [5.74, 6) is 0. The highest BCUT2D eigenvalue weighted by Crippen LogP contribution is 2.27. The Labute approximate surface area is 123 Å². The van der Waals surface area contributed by atoms with Crippen molar-refractivity contribution in [3.63, 3.8) is 0 Å². The van der Waals surface area contributed by atoms with E-state index in [2.05, 4.69) is 57.3 Å².